The van der Waals surface area contributed by atoms with Gasteiger partial charge in [-0.15, -0.1) is 0 Å². The van der Waals surface area contributed by atoms with Crippen molar-refractivity contribution in [3.8, 4) is 0 Å². The molecule has 1 fully saturated rings. The van der Waals surface area contributed by atoms with Gasteiger partial charge < -0.3 is 0 Å². The molecule has 2 rings (SSSR count). The highest BCUT2D eigenvalue weighted by molar-refractivity contribution is 9.10. The fourth-order valence-corrected chi connectivity index (χ4v) is 3.86. The molecule has 1 saturated carbocycles. The standard InChI is InChI=1S/C17H25Br/c1-2-3-4-7-14-10-12-15(13-11-14)16-8-5-6-9-17(16)18/h5-6,8-9,14-15H,2-4,7,10-13H2,1H3/t14-,15-. The first-order valence-corrected chi connectivity index (χ1v) is 8.35. The zero-order valence-electron chi connectivity index (χ0n) is 11.5. The highest BCUT2D eigenvalue weighted by Crippen LogP contribution is 2.39. The predicted octanol–water partition coefficient (Wildman–Crippen LogP) is 6.30. The molecule has 0 N–H and O–H groups in total. The topological polar surface area (TPSA) is 0 Å². The maximum atomic E-state index is 3.70. The molecule has 0 spiro atoms. The third kappa shape index (κ3) is 3.85. The third-order valence-corrected chi connectivity index (χ3v) is 5.13. The summed E-state index contributed by atoms with van der Waals surface area (Å²) in [5.41, 5.74) is 1.53. The van der Waals surface area contributed by atoms with Gasteiger partial charge in [0.25, 0.3) is 0 Å². The summed E-state index contributed by atoms with van der Waals surface area (Å²) in [6, 6.07) is 8.77. The van der Waals surface area contributed by atoms with Crippen molar-refractivity contribution in [3.05, 3.63) is 34.3 Å². The van der Waals surface area contributed by atoms with E-state index in [4.69, 9.17) is 0 Å². The van der Waals surface area contributed by atoms with Gasteiger partial charge in [-0.2, -0.15) is 0 Å². The lowest BCUT2D eigenvalue weighted by molar-refractivity contribution is 0.302. The lowest BCUT2D eigenvalue weighted by atomic mass is 9.77. The second kappa shape index (κ2) is 7.33. The van der Waals surface area contributed by atoms with Crippen LogP contribution in [0.1, 0.15) is 69.8 Å². The van der Waals surface area contributed by atoms with E-state index >= 15 is 0 Å². The fourth-order valence-electron chi connectivity index (χ4n) is 3.25. The van der Waals surface area contributed by atoms with Crippen LogP contribution in [0.4, 0.5) is 0 Å². The molecule has 0 saturated heterocycles. The summed E-state index contributed by atoms with van der Waals surface area (Å²) in [4.78, 5) is 0. The van der Waals surface area contributed by atoms with Gasteiger partial charge in [-0.25, -0.2) is 0 Å². The van der Waals surface area contributed by atoms with E-state index in [0.29, 0.717) is 0 Å². The molecule has 0 radical (unpaired) electrons. The Kier molecular flexibility index (Phi) is 5.75. The maximum absolute atomic E-state index is 3.70. The lowest BCUT2D eigenvalue weighted by Gasteiger charge is -2.29. The fraction of sp³-hybridized carbons (Fsp3) is 0.647. The second-order valence-electron chi connectivity index (χ2n) is 5.73. The SMILES string of the molecule is CCCCC[C@H]1CC[C@H](c2ccccc2Br)CC1. The molecule has 0 heterocycles. The third-order valence-electron chi connectivity index (χ3n) is 4.41. The minimum Gasteiger partial charge on any atom is -0.0654 e. The molecule has 0 aliphatic heterocycles. The van der Waals surface area contributed by atoms with Crippen molar-refractivity contribution >= 4 is 15.9 Å². The molecular weight excluding hydrogens is 284 g/mol. The van der Waals surface area contributed by atoms with E-state index in [0.717, 1.165) is 11.8 Å². The molecule has 1 aromatic carbocycles. The Morgan fingerprint density at radius 3 is 2.44 bits per heavy atom. The predicted molar refractivity (Wildman–Crippen MR) is 83.0 cm³/mol. The molecule has 1 aromatic rings. The van der Waals surface area contributed by atoms with Gasteiger partial charge >= 0.3 is 0 Å². The molecule has 1 aliphatic rings. The molecule has 0 unspecified atom stereocenters. The monoisotopic (exact) mass is 308 g/mol. The van der Waals surface area contributed by atoms with Crippen molar-refractivity contribution < 1.29 is 0 Å². The molecule has 18 heavy (non-hydrogen) atoms. The van der Waals surface area contributed by atoms with Crippen LogP contribution in [0, 0.1) is 5.92 Å². The van der Waals surface area contributed by atoms with E-state index in [9.17, 15) is 0 Å². The van der Waals surface area contributed by atoms with Crippen LogP contribution in [0.2, 0.25) is 0 Å². The minimum absolute atomic E-state index is 0.794. The number of hydrogen-bond donors (Lipinski definition) is 0. The van der Waals surface area contributed by atoms with E-state index in [1.807, 2.05) is 0 Å². The van der Waals surface area contributed by atoms with Crippen molar-refractivity contribution in [2.24, 2.45) is 5.92 Å². The van der Waals surface area contributed by atoms with Crippen molar-refractivity contribution in [1.29, 1.82) is 0 Å². The average Bonchev–Trinajstić information content (AvgIpc) is 2.41. The van der Waals surface area contributed by atoms with Gasteiger partial charge in [-0.05, 0) is 49.1 Å². The van der Waals surface area contributed by atoms with Gasteiger partial charge in [0.15, 0.2) is 0 Å². The van der Waals surface area contributed by atoms with Crippen molar-refractivity contribution in [2.45, 2.75) is 64.2 Å². The van der Waals surface area contributed by atoms with Gasteiger partial charge in [0.05, 0.1) is 0 Å². The Morgan fingerprint density at radius 2 is 1.78 bits per heavy atom. The van der Waals surface area contributed by atoms with Crippen molar-refractivity contribution in [3.63, 3.8) is 0 Å². The Morgan fingerprint density at radius 1 is 1.06 bits per heavy atom. The molecule has 0 amide bonds. The van der Waals surface area contributed by atoms with Crippen molar-refractivity contribution in [1.82, 2.24) is 0 Å². The summed E-state index contributed by atoms with van der Waals surface area (Å²) >= 11 is 3.70. The van der Waals surface area contributed by atoms with E-state index in [1.165, 1.54) is 61.4 Å². The molecule has 0 nitrogen and oxygen atoms in total. The Bertz CT molecular complexity index is 350. The molecule has 0 atom stereocenters. The quantitative estimate of drug-likeness (QED) is 0.560. The number of benzene rings is 1. The average molecular weight is 309 g/mol. The Hall–Kier alpha value is -0.300. The van der Waals surface area contributed by atoms with Crippen LogP contribution in [0.3, 0.4) is 0 Å². The molecule has 0 bridgehead atoms. The lowest BCUT2D eigenvalue weighted by Crippen LogP contribution is -2.13. The summed E-state index contributed by atoms with van der Waals surface area (Å²) in [6.07, 6.45) is 11.3. The van der Waals surface area contributed by atoms with Crippen LogP contribution < -0.4 is 0 Å². The van der Waals surface area contributed by atoms with E-state index in [2.05, 4.69) is 47.1 Å². The van der Waals surface area contributed by atoms with Crippen LogP contribution in [-0.2, 0) is 0 Å². The molecule has 0 aromatic heterocycles. The highest BCUT2D eigenvalue weighted by atomic mass is 79.9. The van der Waals surface area contributed by atoms with E-state index < -0.39 is 0 Å². The Labute approximate surface area is 120 Å². The summed E-state index contributed by atoms with van der Waals surface area (Å²) in [6.45, 7) is 2.30. The normalized spacial score (nSPS) is 24.1. The highest BCUT2D eigenvalue weighted by Gasteiger charge is 2.22. The van der Waals surface area contributed by atoms with Crippen molar-refractivity contribution in [2.75, 3.05) is 0 Å². The molecule has 1 heteroatoms. The van der Waals surface area contributed by atoms with Gasteiger partial charge in [0.1, 0.15) is 0 Å². The zero-order valence-corrected chi connectivity index (χ0v) is 13.1. The maximum Gasteiger partial charge on any atom is 0.0210 e. The van der Waals surface area contributed by atoms with Crippen LogP contribution in [0.15, 0.2) is 28.7 Å². The molecular formula is C17H25Br. The van der Waals surface area contributed by atoms with Gasteiger partial charge in [-0.1, -0.05) is 66.7 Å². The van der Waals surface area contributed by atoms with E-state index in [1.54, 1.807) is 0 Å². The summed E-state index contributed by atoms with van der Waals surface area (Å²) in [5.74, 6) is 1.80. The minimum atomic E-state index is 0.794. The van der Waals surface area contributed by atoms with Crippen LogP contribution in [-0.4, -0.2) is 0 Å². The number of rotatable bonds is 5. The van der Waals surface area contributed by atoms with Gasteiger partial charge in [-0.3, -0.25) is 0 Å². The largest absolute Gasteiger partial charge is 0.0654 e. The number of unbranched alkanes of at least 4 members (excludes halogenated alkanes) is 2. The second-order valence-corrected chi connectivity index (χ2v) is 6.59. The summed E-state index contributed by atoms with van der Waals surface area (Å²) in [5, 5.41) is 0. The van der Waals surface area contributed by atoms with E-state index in [-0.39, 0.29) is 0 Å². The smallest absolute Gasteiger partial charge is 0.0210 e. The summed E-state index contributed by atoms with van der Waals surface area (Å²) in [7, 11) is 0. The summed E-state index contributed by atoms with van der Waals surface area (Å²) < 4.78 is 1.31. The zero-order chi connectivity index (χ0) is 12.8. The van der Waals surface area contributed by atoms with Gasteiger partial charge in [0, 0.05) is 4.47 Å². The molecule has 1 aliphatic carbocycles. The molecule has 100 valence electrons. The van der Waals surface area contributed by atoms with Crippen LogP contribution >= 0.6 is 15.9 Å². The number of halogens is 1. The first-order valence-electron chi connectivity index (χ1n) is 7.55. The first-order chi connectivity index (χ1) is 8.81. The Balaban J connectivity index is 1.81. The first kappa shape index (κ1) is 14.1. The van der Waals surface area contributed by atoms with Crippen LogP contribution in [0.25, 0.3) is 0 Å². The number of hydrogen-bond acceptors (Lipinski definition) is 0. The van der Waals surface area contributed by atoms with Gasteiger partial charge in [0.2, 0.25) is 0 Å². The van der Waals surface area contributed by atoms with Crippen LogP contribution in [0.5, 0.6) is 0 Å².